The van der Waals surface area contributed by atoms with Crippen molar-refractivity contribution in [3.8, 4) is 0 Å². The van der Waals surface area contributed by atoms with Crippen LogP contribution in [0.2, 0.25) is 0 Å². The van der Waals surface area contributed by atoms with Crippen LogP contribution in [0.25, 0.3) is 0 Å². The van der Waals surface area contributed by atoms with Crippen molar-refractivity contribution in [2.24, 2.45) is 0 Å². The summed E-state index contributed by atoms with van der Waals surface area (Å²) in [4.78, 5) is 4.36. The smallest absolute Gasteiger partial charge is 0.126 e. The van der Waals surface area contributed by atoms with Gasteiger partial charge in [-0.2, -0.15) is 11.8 Å². The maximum atomic E-state index is 4.36. The number of nitrogens with zero attached hydrogens (tertiary/aromatic N) is 1. The molecule has 0 bridgehead atoms. The molecule has 4 heteroatoms. The zero-order valence-corrected chi connectivity index (χ0v) is 11.9. The highest BCUT2D eigenvalue weighted by molar-refractivity contribution is 9.10. The molecule has 1 aromatic rings. The van der Waals surface area contributed by atoms with Gasteiger partial charge in [0.25, 0.3) is 0 Å². The van der Waals surface area contributed by atoms with Crippen molar-refractivity contribution in [1.82, 2.24) is 4.98 Å². The van der Waals surface area contributed by atoms with E-state index in [0.29, 0.717) is 6.04 Å². The average molecular weight is 301 g/mol. The SMILES string of the molecule is CSC1CCCC(Nc2ccc(Br)cn2)C1. The molecule has 0 aromatic carbocycles. The van der Waals surface area contributed by atoms with Crippen molar-refractivity contribution >= 4 is 33.5 Å². The zero-order chi connectivity index (χ0) is 11.4. The largest absolute Gasteiger partial charge is 0.367 e. The molecular weight excluding hydrogens is 284 g/mol. The molecule has 1 N–H and O–H groups in total. The number of nitrogens with one attached hydrogen (secondary N) is 1. The van der Waals surface area contributed by atoms with Gasteiger partial charge < -0.3 is 5.32 Å². The van der Waals surface area contributed by atoms with Crippen LogP contribution in [0.15, 0.2) is 22.8 Å². The Bertz CT molecular complexity index is 328. The molecule has 1 saturated carbocycles. The summed E-state index contributed by atoms with van der Waals surface area (Å²) in [7, 11) is 0. The van der Waals surface area contributed by atoms with Gasteiger partial charge in [0.1, 0.15) is 5.82 Å². The highest BCUT2D eigenvalue weighted by Gasteiger charge is 2.21. The third-order valence-electron chi connectivity index (χ3n) is 3.04. The number of hydrogen-bond donors (Lipinski definition) is 1. The summed E-state index contributed by atoms with van der Waals surface area (Å²) in [5, 5.41) is 4.35. The lowest BCUT2D eigenvalue weighted by Crippen LogP contribution is -2.28. The summed E-state index contributed by atoms with van der Waals surface area (Å²) >= 11 is 5.39. The second-order valence-electron chi connectivity index (χ2n) is 4.23. The van der Waals surface area contributed by atoms with Crippen LogP contribution in [0.3, 0.4) is 0 Å². The Balaban J connectivity index is 1.91. The summed E-state index contributed by atoms with van der Waals surface area (Å²) < 4.78 is 1.03. The molecule has 1 aromatic heterocycles. The summed E-state index contributed by atoms with van der Waals surface area (Å²) in [6.07, 6.45) is 9.29. The first kappa shape index (κ1) is 12.2. The monoisotopic (exact) mass is 300 g/mol. The van der Waals surface area contributed by atoms with E-state index in [4.69, 9.17) is 0 Å². The number of halogens is 1. The van der Waals surface area contributed by atoms with Crippen LogP contribution < -0.4 is 5.32 Å². The lowest BCUT2D eigenvalue weighted by Gasteiger charge is -2.29. The molecule has 0 amide bonds. The predicted molar refractivity (Wildman–Crippen MR) is 75.1 cm³/mol. The number of anilines is 1. The van der Waals surface area contributed by atoms with Crippen molar-refractivity contribution in [2.45, 2.75) is 37.0 Å². The van der Waals surface area contributed by atoms with Crippen molar-refractivity contribution in [1.29, 1.82) is 0 Å². The molecule has 88 valence electrons. The normalized spacial score (nSPS) is 25.4. The van der Waals surface area contributed by atoms with Gasteiger partial charge in [-0.05, 0) is 53.6 Å². The van der Waals surface area contributed by atoms with Crippen molar-refractivity contribution < 1.29 is 0 Å². The Morgan fingerprint density at radius 3 is 3.00 bits per heavy atom. The van der Waals surface area contributed by atoms with Crippen LogP contribution in [0.4, 0.5) is 5.82 Å². The zero-order valence-electron chi connectivity index (χ0n) is 9.45. The Kier molecular flexibility index (Phi) is 4.53. The first-order valence-corrected chi connectivity index (χ1v) is 7.77. The number of aromatic nitrogens is 1. The fourth-order valence-electron chi connectivity index (χ4n) is 2.16. The molecule has 1 heterocycles. The number of pyridine rings is 1. The third-order valence-corrected chi connectivity index (χ3v) is 4.60. The van der Waals surface area contributed by atoms with Gasteiger partial charge in [0.15, 0.2) is 0 Å². The summed E-state index contributed by atoms with van der Waals surface area (Å²) in [5.74, 6) is 0.995. The third kappa shape index (κ3) is 3.39. The van der Waals surface area contributed by atoms with Gasteiger partial charge in [0.05, 0.1) is 0 Å². The van der Waals surface area contributed by atoms with E-state index in [1.165, 1.54) is 25.7 Å². The number of thioether (sulfide) groups is 1. The van der Waals surface area contributed by atoms with Gasteiger partial charge in [0.2, 0.25) is 0 Å². The maximum absolute atomic E-state index is 4.36. The quantitative estimate of drug-likeness (QED) is 0.915. The first-order chi connectivity index (χ1) is 7.78. The van der Waals surface area contributed by atoms with Gasteiger partial charge in [0, 0.05) is 22.0 Å². The molecule has 16 heavy (non-hydrogen) atoms. The van der Waals surface area contributed by atoms with E-state index in [2.05, 4.69) is 32.5 Å². The molecule has 1 aliphatic rings. The Hall–Kier alpha value is -0.220. The fourth-order valence-corrected chi connectivity index (χ4v) is 3.22. The van der Waals surface area contributed by atoms with Gasteiger partial charge in [-0.15, -0.1) is 0 Å². The minimum absolute atomic E-state index is 0.597. The minimum atomic E-state index is 0.597. The van der Waals surface area contributed by atoms with Gasteiger partial charge in [-0.1, -0.05) is 6.42 Å². The Morgan fingerprint density at radius 2 is 2.31 bits per heavy atom. The highest BCUT2D eigenvalue weighted by atomic mass is 79.9. The average Bonchev–Trinajstić information content (AvgIpc) is 2.32. The van der Waals surface area contributed by atoms with Crippen LogP contribution in [-0.4, -0.2) is 22.5 Å². The molecule has 0 aliphatic heterocycles. The van der Waals surface area contributed by atoms with E-state index in [0.717, 1.165) is 15.5 Å². The Morgan fingerprint density at radius 1 is 1.44 bits per heavy atom. The van der Waals surface area contributed by atoms with Gasteiger partial charge in [-0.25, -0.2) is 4.98 Å². The molecule has 0 radical (unpaired) electrons. The van der Waals surface area contributed by atoms with E-state index in [-0.39, 0.29) is 0 Å². The molecule has 2 rings (SSSR count). The second-order valence-corrected chi connectivity index (χ2v) is 6.28. The van der Waals surface area contributed by atoms with Crippen molar-refractivity contribution in [3.63, 3.8) is 0 Å². The second kappa shape index (κ2) is 5.92. The van der Waals surface area contributed by atoms with E-state index in [9.17, 15) is 0 Å². The van der Waals surface area contributed by atoms with Gasteiger partial charge in [-0.3, -0.25) is 0 Å². The van der Waals surface area contributed by atoms with Crippen molar-refractivity contribution in [2.75, 3.05) is 11.6 Å². The fraction of sp³-hybridized carbons (Fsp3) is 0.583. The van der Waals surface area contributed by atoms with Crippen LogP contribution >= 0.6 is 27.7 Å². The van der Waals surface area contributed by atoms with Crippen LogP contribution in [-0.2, 0) is 0 Å². The molecule has 1 aliphatic carbocycles. The van der Waals surface area contributed by atoms with E-state index in [1.54, 1.807) is 0 Å². The summed E-state index contributed by atoms with van der Waals surface area (Å²) in [6, 6.07) is 4.66. The lowest BCUT2D eigenvalue weighted by molar-refractivity contribution is 0.473. The maximum Gasteiger partial charge on any atom is 0.126 e. The van der Waals surface area contributed by atoms with E-state index >= 15 is 0 Å². The molecule has 2 unspecified atom stereocenters. The minimum Gasteiger partial charge on any atom is -0.367 e. The molecule has 0 saturated heterocycles. The summed E-state index contributed by atoms with van der Waals surface area (Å²) in [5.41, 5.74) is 0. The van der Waals surface area contributed by atoms with Crippen molar-refractivity contribution in [3.05, 3.63) is 22.8 Å². The Labute approximate surface area is 110 Å². The van der Waals surface area contributed by atoms with E-state index in [1.807, 2.05) is 30.1 Å². The molecular formula is C12H17BrN2S. The lowest BCUT2D eigenvalue weighted by atomic mass is 9.95. The number of hydrogen-bond acceptors (Lipinski definition) is 3. The topological polar surface area (TPSA) is 24.9 Å². The molecule has 1 fully saturated rings. The number of rotatable bonds is 3. The molecule has 2 atom stereocenters. The predicted octanol–water partition coefficient (Wildman–Crippen LogP) is 3.93. The van der Waals surface area contributed by atoms with Gasteiger partial charge >= 0.3 is 0 Å². The van der Waals surface area contributed by atoms with E-state index < -0.39 is 0 Å². The highest BCUT2D eigenvalue weighted by Crippen LogP contribution is 2.28. The van der Waals surface area contributed by atoms with Crippen LogP contribution in [0.5, 0.6) is 0 Å². The molecule has 0 spiro atoms. The molecule has 2 nitrogen and oxygen atoms in total. The van der Waals surface area contributed by atoms with Crippen LogP contribution in [0, 0.1) is 0 Å². The standard InChI is InChI=1S/C12H17BrN2S/c1-16-11-4-2-3-10(7-11)15-12-6-5-9(13)8-14-12/h5-6,8,10-11H,2-4,7H2,1H3,(H,14,15). The van der Waals surface area contributed by atoms with Crippen LogP contribution in [0.1, 0.15) is 25.7 Å². The summed E-state index contributed by atoms with van der Waals surface area (Å²) in [6.45, 7) is 0. The first-order valence-electron chi connectivity index (χ1n) is 5.69.